The summed E-state index contributed by atoms with van der Waals surface area (Å²) in [4.78, 5) is 14.8. The fraction of sp³-hybridized carbons (Fsp3) is 0.632. The number of rotatable bonds is 5. The minimum atomic E-state index is -0.139. The first-order valence-corrected chi connectivity index (χ1v) is 9.69. The average molecular weight is 396 g/mol. The Hall–Kier alpha value is -1.07. The second-order valence-electron chi connectivity index (χ2n) is 6.83. The van der Waals surface area contributed by atoms with Crippen LogP contribution in [0.15, 0.2) is 22.7 Å². The maximum atomic E-state index is 12.2. The molecule has 2 heterocycles. The van der Waals surface area contributed by atoms with Gasteiger partial charge in [-0.3, -0.25) is 9.69 Å². The molecule has 4 nitrogen and oxygen atoms in total. The molecular formula is C19H26BrNO3. The molecule has 2 fully saturated rings. The van der Waals surface area contributed by atoms with Crippen molar-refractivity contribution in [2.45, 2.75) is 44.6 Å². The van der Waals surface area contributed by atoms with Crippen molar-refractivity contribution in [3.8, 4) is 5.75 Å². The molecule has 0 saturated carbocycles. The van der Waals surface area contributed by atoms with E-state index in [4.69, 9.17) is 9.47 Å². The summed E-state index contributed by atoms with van der Waals surface area (Å²) >= 11 is 3.45. The highest BCUT2D eigenvalue weighted by atomic mass is 79.9. The van der Waals surface area contributed by atoms with Crippen LogP contribution < -0.4 is 4.74 Å². The molecule has 1 aromatic carbocycles. The van der Waals surface area contributed by atoms with Crippen molar-refractivity contribution in [1.82, 2.24) is 4.90 Å². The van der Waals surface area contributed by atoms with Gasteiger partial charge in [-0.05, 0) is 72.4 Å². The van der Waals surface area contributed by atoms with Gasteiger partial charge in [0.2, 0.25) is 0 Å². The van der Waals surface area contributed by atoms with E-state index in [0.29, 0.717) is 25.0 Å². The fourth-order valence-corrected chi connectivity index (χ4v) is 4.60. The minimum Gasteiger partial charge on any atom is -0.496 e. The zero-order valence-electron chi connectivity index (χ0n) is 14.3. The summed E-state index contributed by atoms with van der Waals surface area (Å²) in [6, 6.07) is 6.32. The summed E-state index contributed by atoms with van der Waals surface area (Å²) < 4.78 is 11.7. The molecule has 0 aliphatic carbocycles. The number of piperidine rings is 2. The highest BCUT2D eigenvalue weighted by Gasteiger charge is 2.33. The minimum absolute atomic E-state index is 0.139. The summed E-state index contributed by atoms with van der Waals surface area (Å²) in [6.07, 6.45) is 6.60. The fourth-order valence-electron chi connectivity index (χ4n) is 4.01. The first kappa shape index (κ1) is 17.7. The molecule has 5 heteroatoms. The number of hydrogen-bond donors (Lipinski definition) is 0. The van der Waals surface area contributed by atoms with E-state index in [1.807, 2.05) is 18.2 Å². The van der Waals surface area contributed by atoms with Crippen LogP contribution in [0.3, 0.4) is 0 Å². The Kier molecular flexibility index (Phi) is 6.17. The summed E-state index contributed by atoms with van der Waals surface area (Å²) in [6.45, 7) is 3.00. The van der Waals surface area contributed by atoms with E-state index in [1.165, 1.54) is 45.2 Å². The lowest BCUT2D eigenvalue weighted by Crippen LogP contribution is -2.49. The molecule has 132 valence electrons. The van der Waals surface area contributed by atoms with Crippen LogP contribution in [0.25, 0.3) is 0 Å². The van der Waals surface area contributed by atoms with Crippen LogP contribution in [0.5, 0.6) is 5.75 Å². The largest absolute Gasteiger partial charge is 0.496 e. The molecule has 0 N–H and O–H groups in total. The number of nitrogens with zero attached hydrogens (tertiary/aromatic N) is 1. The SMILES string of the molecule is COc1ccc(CC(=O)OC[C@H]2CCCN3CCCC[C@H]23)cc1Br. The number of fused-ring (bicyclic) bond motifs is 1. The van der Waals surface area contributed by atoms with Crippen molar-refractivity contribution in [2.24, 2.45) is 5.92 Å². The monoisotopic (exact) mass is 395 g/mol. The first-order valence-electron chi connectivity index (χ1n) is 8.89. The Morgan fingerprint density at radius 1 is 1.25 bits per heavy atom. The standard InChI is InChI=1S/C19H26BrNO3/c1-23-18-8-7-14(11-16(18)20)12-19(22)24-13-15-5-4-10-21-9-3-2-6-17(15)21/h7-8,11,15,17H,2-6,9-10,12-13H2,1H3/t15-,17-/m1/s1. The van der Waals surface area contributed by atoms with Crippen molar-refractivity contribution >= 4 is 21.9 Å². The third-order valence-electron chi connectivity index (χ3n) is 5.25. The molecule has 3 rings (SSSR count). The smallest absolute Gasteiger partial charge is 0.310 e. The molecule has 2 saturated heterocycles. The van der Waals surface area contributed by atoms with Gasteiger partial charge in [0.1, 0.15) is 5.75 Å². The zero-order chi connectivity index (χ0) is 16.9. The molecule has 1 aromatic rings. The van der Waals surface area contributed by atoms with E-state index in [2.05, 4.69) is 20.8 Å². The van der Waals surface area contributed by atoms with Gasteiger partial charge in [0.15, 0.2) is 0 Å². The number of halogens is 1. The lowest BCUT2D eigenvalue weighted by molar-refractivity contribution is -0.145. The molecule has 0 aromatic heterocycles. The molecular weight excluding hydrogens is 370 g/mol. The van der Waals surface area contributed by atoms with Crippen LogP contribution in [0.2, 0.25) is 0 Å². The van der Waals surface area contributed by atoms with Crippen LogP contribution in [0.1, 0.15) is 37.7 Å². The Morgan fingerprint density at radius 3 is 2.88 bits per heavy atom. The van der Waals surface area contributed by atoms with Gasteiger partial charge in [-0.25, -0.2) is 0 Å². The van der Waals surface area contributed by atoms with E-state index in [0.717, 1.165) is 15.8 Å². The predicted molar refractivity (Wildman–Crippen MR) is 97.3 cm³/mol. The predicted octanol–water partition coefficient (Wildman–Crippen LogP) is 3.81. The Bertz CT molecular complexity index is 576. The van der Waals surface area contributed by atoms with Gasteiger partial charge in [0.25, 0.3) is 0 Å². The number of methoxy groups -OCH3 is 1. The number of esters is 1. The third kappa shape index (κ3) is 4.31. The zero-order valence-corrected chi connectivity index (χ0v) is 15.9. The quantitative estimate of drug-likeness (QED) is 0.710. The van der Waals surface area contributed by atoms with Gasteiger partial charge in [-0.2, -0.15) is 0 Å². The van der Waals surface area contributed by atoms with Crippen molar-refractivity contribution < 1.29 is 14.3 Å². The molecule has 0 bridgehead atoms. The normalized spacial score (nSPS) is 24.2. The first-order chi connectivity index (χ1) is 11.7. The van der Waals surface area contributed by atoms with E-state index in [-0.39, 0.29) is 5.97 Å². The van der Waals surface area contributed by atoms with E-state index < -0.39 is 0 Å². The van der Waals surface area contributed by atoms with Crippen LogP contribution in [-0.4, -0.2) is 43.7 Å². The van der Waals surface area contributed by atoms with Gasteiger partial charge >= 0.3 is 5.97 Å². The van der Waals surface area contributed by atoms with E-state index in [1.54, 1.807) is 7.11 Å². The summed E-state index contributed by atoms with van der Waals surface area (Å²) in [7, 11) is 1.63. The summed E-state index contributed by atoms with van der Waals surface area (Å²) in [5.74, 6) is 1.14. The van der Waals surface area contributed by atoms with Crippen molar-refractivity contribution in [3.05, 3.63) is 28.2 Å². The van der Waals surface area contributed by atoms with Crippen molar-refractivity contribution in [1.29, 1.82) is 0 Å². The Labute approximate surface area is 152 Å². The molecule has 2 aliphatic heterocycles. The van der Waals surface area contributed by atoms with Gasteiger partial charge in [0.05, 0.1) is 24.6 Å². The lowest BCUT2D eigenvalue weighted by Gasteiger charge is -2.44. The van der Waals surface area contributed by atoms with E-state index >= 15 is 0 Å². The van der Waals surface area contributed by atoms with Crippen molar-refractivity contribution in [2.75, 3.05) is 26.8 Å². The second-order valence-corrected chi connectivity index (χ2v) is 7.68. The van der Waals surface area contributed by atoms with Crippen LogP contribution >= 0.6 is 15.9 Å². The third-order valence-corrected chi connectivity index (χ3v) is 5.87. The lowest BCUT2D eigenvalue weighted by atomic mass is 9.84. The van der Waals surface area contributed by atoms with Crippen LogP contribution in [0.4, 0.5) is 0 Å². The molecule has 2 aliphatic rings. The maximum Gasteiger partial charge on any atom is 0.310 e. The van der Waals surface area contributed by atoms with Gasteiger partial charge in [-0.15, -0.1) is 0 Å². The number of carbonyl (C=O) groups excluding carboxylic acids is 1. The number of carbonyl (C=O) groups is 1. The van der Waals surface area contributed by atoms with E-state index in [9.17, 15) is 4.79 Å². The molecule has 2 atom stereocenters. The van der Waals surface area contributed by atoms with Crippen LogP contribution in [-0.2, 0) is 16.0 Å². The molecule has 0 unspecified atom stereocenters. The Balaban J connectivity index is 1.51. The van der Waals surface area contributed by atoms with Crippen LogP contribution in [0, 0.1) is 5.92 Å². The topological polar surface area (TPSA) is 38.8 Å². The van der Waals surface area contributed by atoms with Gasteiger partial charge in [-0.1, -0.05) is 12.5 Å². The maximum absolute atomic E-state index is 12.2. The number of hydrogen-bond acceptors (Lipinski definition) is 4. The highest BCUT2D eigenvalue weighted by Crippen LogP contribution is 2.31. The van der Waals surface area contributed by atoms with Gasteiger partial charge in [0, 0.05) is 12.0 Å². The highest BCUT2D eigenvalue weighted by molar-refractivity contribution is 9.10. The molecule has 0 spiro atoms. The number of benzene rings is 1. The number of ether oxygens (including phenoxy) is 2. The molecule has 0 radical (unpaired) electrons. The average Bonchev–Trinajstić information content (AvgIpc) is 2.60. The molecule has 24 heavy (non-hydrogen) atoms. The second kappa shape index (κ2) is 8.34. The summed E-state index contributed by atoms with van der Waals surface area (Å²) in [5.41, 5.74) is 0.940. The van der Waals surface area contributed by atoms with Crippen molar-refractivity contribution in [3.63, 3.8) is 0 Å². The summed E-state index contributed by atoms with van der Waals surface area (Å²) in [5, 5.41) is 0. The molecule has 0 amide bonds. The Morgan fingerprint density at radius 2 is 2.08 bits per heavy atom. The van der Waals surface area contributed by atoms with Gasteiger partial charge < -0.3 is 9.47 Å².